The van der Waals surface area contributed by atoms with Crippen molar-refractivity contribution in [3.8, 4) is 5.75 Å². The van der Waals surface area contributed by atoms with E-state index >= 15 is 0 Å². The number of carbonyl (C=O) groups is 1. The van der Waals surface area contributed by atoms with Crippen molar-refractivity contribution in [2.75, 3.05) is 7.11 Å². The number of ether oxygens (including phenoxy) is 1. The summed E-state index contributed by atoms with van der Waals surface area (Å²) >= 11 is 0. The first kappa shape index (κ1) is 20.9. The summed E-state index contributed by atoms with van der Waals surface area (Å²) in [4.78, 5) is 12.4. The van der Waals surface area contributed by atoms with Crippen LogP contribution in [0.2, 0.25) is 0 Å². The lowest BCUT2D eigenvalue weighted by Crippen LogP contribution is -2.40. The molecule has 4 nitrogen and oxygen atoms in total. The molecule has 3 unspecified atom stereocenters. The van der Waals surface area contributed by atoms with E-state index in [1.54, 1.807) is 33.1 Å². The van der Waals surface area contributed by atoms with Gasteiger partial charge < -0.3 is 15.8 Å². The quantitative estimate of drug-likeness (QED) is 0.823. The zero-order valence-corrected chi connectivity index (χ0v) is 15.3. The van der Waals surface area contributed by atoms with E-state index in [1.807, 2.05) is 24.3 Å². The maximum atomic E-state index is 13.2. The summed E-state index contributed by atoms with van der Waals surface area (Å²) in [5, 5.41) is 3.01. The molecule has 0 fully saturated rings. The largest absolute Gasteiger partial charge is 0.497 e. The number of rotatable bonds is 6. The third kappa shape index (κ3) is 5.44. The van der Waals surface area contributed by atoms with Gasteiger partial charge in [0.1, 0.15) is 11.6 Å². The van der Waals surface area contributed by atoms with Crippen LogP contribution in [0.25, 0.3) is 0 Å². The lowest BCUT2D eigenvalue weighted by molar-refractivity contribution is -0.125. The van der Waals surface area contributed by atoms with Gasteiger partial charge in [-0.05, 0) is 42.3 Å². The fourth-order valence-electron chi connectivity index (χ4n) is 2.32. The molecule has 3 N–H and O–H groups in total. The number of nitrogens with two attached hydrogens (primary N) is 1. The molecule has 0 heterocycles. The molecule has 0 radical (unpaired) electrons. The number of carbonyl (C=O) groups excluding carboxylic acids is 1. The van der Waals surface area contributed by atoms with Gasteiger partial charge in [0.05, 0.1) is 13.2 Å². The predicted octanol–water partition coefficient (Wildman–Crippen LogP) is 3.45. The van der Waals surface area contributed by atoms with Crippen molar-refractivity contribution in [3.63, 3.8) is 0 Å². The lowest BCUT2D eigenvalue weighted by atomic mass is 9.96. The molecule has 2 aromatic carbocycles. The Kier molecular flexibility index (Phi) is 7.87. The summed E-state index contributed by atoms with van der Waals surface area (Å²) in [5.41, 5.74) is 7.50. The Morgan fingerprint density at radius 1 is 1.04 bits per heavy atom. The second-order valence-corrected chi connectivity index (χ2v) is 5.91. The first-order valence-corrected chi connectivity index (χ1v) is 7.87. The van der Waals surface area contributed by atoms with Gasteiger partial charge in [0, 0.05) is 12.0 Å². The number of amides is 1. The van der Waals surface area contributed by atoms with Gasteiger partial charge in [-0.25, -0.2) is 4.39 Å². The number of hydrogen-bond acceptors (Lipinski definition) is 3. The molecule has 0 saturated carbocycles. The highest BCUT2D eigenvalue weighted by Gasteiger charge is 2.22. The van der Waals surface area contributed by atoms with Crippen molar-refractivity contribution >= 4 is 18.3 Å². The van der Waals surface area contributed by atoms with Crippen LogP contribution in [0.4, 0.5) is 4.39 Å². The van der Waals surface area contributed by atoms with E-state index in [4.69, 9.17) is 10.5 Å². The molecule has 2 rings (SSSR count). The molecule has 0 saturated heterocycles. The van der Waals surface area contributed by atoms with E-state index in [9.17, 15) is 9.18 Å². The molecule has 3 atom stereocenters. The minimum absolute atomic E-state index is 0. The molecule has 0 aliphatic rings. The third-order valence-corrected chi connectivity index (χ3v) is 4.14. The van der Waals surface area contributed by atoms with Crippen LogP contribution < -0.4 is 15.8 Å². The van der Waals surface area contributed by atoms with Crippen molar-refractivity contribution in [1.82, 2.24) is 5.32 Å². The van der Waals surface area contributed by atoms with Gasteiger partial charge in [0.2, 0.25) is 5.91 Å². The average Bonchev–Trinajstić information content (AvgIpc) is 2.59. The van der Waals surface area contributed by atoms with E-state index < -0.39 is 0 Å². The third-order valence-electron chi connectivity index (χ3n) is 4.14. The summed E-state index contributed by atoms with van der Waals surface area (Å²) in [7, 11) is 1.60. The number of nitrogens with one attached hydrogen (secondary N) is 1. The number of methoxy groups -OCH3 is 1. The monoisotopic (exact) mass is 366 g/mol. The van der Waals surface area contributed by atoms with Gasteiger partial charge >= 0.3 is 0 Å². The molecule has 0 spiro atoms. The van der Waals surface area contributed by atoms with Gasteiger partial charge in [-0.2, -0.15) is 0 Å². The van der Waals surface area contributed by atoms with Crippen LogP contribution in [-0.4, -0.2) is 19.1 Å². The Balaban J connectivity index is 0.00000312. The van der Waals surface area contributed by atoms with Crippen LogP contribution in [0, 0.1) is 11.7 Å². The van der Waals surface area contributed by atoms with E-state index in [1.165, 1.54) is 12.1 Å². The molecule has 1 amide bonds. The zero-order valence-electron chi connectivity index (χ0n) is 14.5. The van der Waals surface area contributed by atoms with E-state index in [0.717, 1.165) is 16.9 Å². The summed E-state index contributed by atoms with van der Waals surface area (Å²) in [6.07, 6.45) is 0. The molecular formula is C19H24ClFN2O2. The van der Waals surface area contributed by atoms with Crippen molar-refractivity contribution in [3.05, 3.63) is 65.5 Å². The normalized spacial score (nSPS) is 14.0. The first-order chi connectivity index (χ1) is 11.4. The predicted molar refractivity (Wildman–Crippen MR) is 99.4 cm³/mol. The van der Waals surface area contributed by atoms with E-state index in [0.29, 0.717) is 0 Å². The van der Waals surface area contributed by atoms with Crippen molar-refractivity contribution in [2.24, 2.45) is 11.7 Å². The topological polar surface area (TPSA) is 64.3 Å². The maximum Gasteiger partial charge on any atom is 0.225 e. The van der Waals surface area contributed by atoms with Gasteiger partial charge in [-0.1, -0.05) is 31.2 Å². The summed E-state index contributed by atoms with van der Waals surface area (Å²) in [6, 6.07) is 12.9. The standard InChI is InChI=1S/C19H23FN2O2.ClH/c1-12(13(2)21)19(23)22-18(14-4-8-16(20)9-5-14)15-6-10-17(24-3)11-7-15;/h4-13,18H,21H2,1-3H3,(H,22,23);1H. The molecule has 0 aliphatic heterocycles. The molecule has 0 bridgehead atoms. The van der Waals surface area contributed by atoms with Crippen LogP contribution in [-0.2, 0) is 4.79 Å². The van der Waals surface area contributed by atoms with E-state index in [2.05, 4.69) is 5.32 Å². The van der Waals surface area contributed by atoms with Crippen LogP contribution in [0.15, 0.2) is 48.5 Å². The van der Waals surface area contributed by atoms with Crippen LogP contribution in [0.3, 0.4) is 0 Å². The lowest BCUT2D eigenvalue weighted by Gasteiger charge is -2.23. The van der Waals surface area contributed by atoms with Gasteiger partial charge in [0.25, 0.3) is 0 Å². The second kappa shape index (κ2) is 9.39. The Bertz CT molecular complexity index is 675. The van der Waals surface area contributed by atoms with Crippen molar-refractivity contribution in [2.45, 2.75) is 25.9 Å². The highest BCUT2D eigenvalue weighted by Crippen LogP contribution is 2.25. The fraction of sp³-hybridized carbons (Fsp3) is 0.316. The van der Waals surface area contributed by atoms with Crippen molar-refractivity contribution < 1.29 is 13.9 Å². The maximum absolute atomic E-state index is 13.2. The SMILES string of the molecule is COc1ccc(C(NC(=O)C(C)C(C)N)c2ccc(F)cc2)cc1.Cl. The Hall–Kier alpha value is -2.11. The van der Waals surface area contributed by atoms with Crippen LogP contribution in [0.5, 0.6) is 5.75 Å². The van der Waals surface area contributed by atoms with Crippen LogP contribution in [0.1, 0.15) is 31.0 Å². The first-order valence-electron chi connectivity index (χ1n) is 7.87. The highest BCUT2D eigenvalue weighted by atomic mass is 35.5. The van der Waals surface area contributed by atoms with Crippen molar-refractivity contribution in [1.29, 1.82) is 0 Å². The summed E-state index contributed by atoms with van der Waals surface area (Å²) in [5.74, 6) is -0.0595. The fourth-order valence-corrected chi connectivity index (χ4v) is 2.32. The number of benzene rings is 2. The highest BCUT2D eigenvalue weighted by molar-refractivity contribution is 5.85. The molecule has 2 aromatic rings. The molecule has 6 heteroatoms. The molecule has 136 valence electrons. The Morgan fingerprint density at radius 3 is 1.96 bits per heavy atom. The minimum Gasteiger partial charge on any atom is -0.497 e. The average molecular weight is 367 g/mol. The molecule has 0 aliphatic carbocycles. The Morgan fingerprint density at radius 2 is 1.52 bits per heavy atom. The molecular weight excluding hydrogens is 343 g/mol. The van der Waals surface area contributed by atoms with Crippen LogP contribution >= 0.6 is 12.4 Å². The number of halogens is 2. The van der Waals surface area contributed by atoms with E-state index in [-0.39, 0.29) is 42.1 Å². The van der Waals surface area contributed by atoms with Gasteiger partial charge in [-0.3, -0.25) is 4.79 Å². The van der Waals surface area contributed by atoms with Gasteiger partial charge in [-0.15, -0.1) is 12.4 Å². The second-order valence-electron chi connectivity index (χ2n) is 5.91. The summed E-state index contributed by atoms with van der Waals surface area (Å²) < 4.78 is 18.4. The molecule has 25 heavy (non-hydrogen) atoms. The molecule has 0 aromatic heterocycles. The Labute approximate surface area is 154 Å². The van der Waals surface area contributed by atoms with Gasteiger partial charge in [0.15, 0.2) is 0 Å². The number of hydrogen-bond donors (Lipinski definition) is 2. The minimum atomic E-state index is -0.384. The smallest absolute Gasteiger partial charge is 0.225 e. The zero-order chi connectivity index (χ0) is 17.7. The summed E-state index contributed by atoms with van der Waals surface area (Å²) in [6.45, 7) is 3.58.